The summed E-state index contributed by atoms with van der Waals surface area (Å²) in [5.74, 6) is 0. The molecular formula is C12H18. The zero-order chi connectivity index (χ0) is 8.44. The fourth-order valence-electron chi connectivity index (χ4n) is 2.53. The molecule has 0 heterocycles. The quantitative estimate of drug-likeness (QED) is 0.549. The van der Waals surface area contributed by atoms with Crippen molar-refractivity contribution in [2.24, 2.45) is 5.41 Å². The van der Waals surface area contributed by atoms with Gasteiger partial charge in [-0.05, 0) is 30.3 Å². The first-order chi connectivity index (χ1) is 5.81. The van der Waals surface area contributed by atoms with Crippen molar-refractivity contribution in [1.82, 2.24) is 0 Å². The van der Waals surface area contributed by atoms with Gasteiger partial charge in [-0.2, -0.15) is 0 Å². The molecule has 0 spiro atoms. The van der Waals surface area contributed by atoms with Crippen molar-refractivity contribution in [2.75, 3.05) is 0 Å². The van der Waals surface area contributed by atoms with Crippen LogP contribution < -0.4 is 0 Å². The van der Waals surface area contributed by atoms with Gasteiger partial charge in [0.15, 0.2) is 0 Å². The number of rotatable bonds is 1. The minimum absolute atomic E-state index is 0.533. The highest BCUT2D eigenvalue weighted by molar-refractivity contribution is 5.32. The summed E-state index contributed by atoms with van der Waals surface area (Å²) < 4.78 is 0. The van der Waals surface area contributed by atoms with Crippen molar-refractivity contribution in [3.63, 3.8) is 0 Å². The van der Waals surface area contributed by atoms with Crippen molar-refractivity contribution >= 4 is 0 Å². The normalized spacial score (nSPS) is 27.2. The van der Waals surface area contributed by atoms with E-state index in [0.29, 0.717) is 5.41 Å². The molecule has 0 amide bonds. The smallest absolute Gasteiger partial charge is 0.00784 e. The van der Waals surface area contributed by atoms with Crippen molar-refractivity contribution in [2.45, 2.75) is 45.4 Å². The molecule has 0 aromatic rings. The predicted octanol–water partition coefficient (Wildman–Crippen LogP) is 3.84. The highest BCUT2D eigenvalue weighted by Crippen LogP contribution is 2.43. The van der Waals surface area contributed by atoms with Crippen LogP contribution in [0.1, 0.15) is 45.4 Å². The Morgan fingerprint density at radius 2 is 1.92 bits per heavy atom. The first-order valence-electron chi connectivity index (χ1n) is 5.18. The molecule has 12 heavy (non-hydrogen) atoms. The molecule has 0 nitrogen and oxygen atoms in total. The summed E-state index contributed by atoms with van der Waals surface area (Å²) in [7, 11) is 0. The lowest BCUT2D eigenvalue weighted by Gasteiger charge is -2.34. The Hall–Kier alpha value is -0.520. The monoisotopic (exact) mass is 162 g/mol. The lowest BCUT2D eigenvalue weighted by Crippen LogP contribution is -2.21. The molecule has 0 atom stereocenters. The van der Waals surface area contributed by atoms with Gasteiger partial charge in [-0.3, -0.25) is 0 Å². The molecule has 0 saturated heterocycles. The molecule has 0 aliphatic heterocycles. The second-order valence-corrected chi connectivity index (χ2v) is 4.42. The third-order valence-corrected chi connectivity index (χ3v) is 3.43. The molecule has 2 aliphatic rings. The maximum atomic E-state index is 2.44. The minimum Gasteiger partial charge on any atom is -0.0804 e. The first kappa shape index (κ1) is 8.10. The lowest BCUT2D eigenvalue weighted by atomic mass is 9.71. The summed E-state index contributed by atoms with van der Waals surface area (Å²) in [4.78, 5) is 0. The van der Waals surface area contributed by atoms with Gasteiger partial charge in [0, 0.05) is 0 Å². The molecule has 1 fully saturated rings. The summed E-state index contributed by atoms with van der Waals surface area (Å²) in [6, 6.07) is 0. The van der Waals surface area contributed by atoms with Crippen molar-refractivity contribution < 1.29 is 0 Å². The van der Waals surface area contributed by atoms with Crippen LogP contribution in [0.3, 0.4) is 0 Å². The van der Waals surface area contributed by atoms with E-state index in [2.05, 4.69) is 25.2 Å². The second kappa shape index (κ2) is 3.08. The van der Waals surface area contributed by atoms with Crippen LogP contribution in [0.25, 0.3) is 0 Å². The molecule has 0 radical (unpaired) electrons. The van der Waals surface area contributed by atoms with Gasteiger partial charge in [-0.1, -0.05) is 44.4 Å². The average molecular weight is 162 g/mol. The van der Waals surface area contributed by atoms with Crippen LogP contribution in [0, 0.1) is 5.41 Å². The molecule has 0 N–H and O–H groups in total. The second-order valence-electron chi connectivity index (χ2n) is 4.42. The molecule has 0 unspecified atom stereocenters. The largest absolute Gasteiger partial charge is 0.0804 e. The van der Waals surface area contributed by atoms with E-state index in [-0.39, 0.29) is 0 Å². The first-order valence-corrected chi connectivity index (χ1v) is 5.18. The zero-order valence-corrected chi connectivity index (χ0v) is 7.97. The van der Waals surface area contributed by atoms with E-state index >= 15 is 0 Å². The Morgan fingerprint density at radius 1 is 1.17 bits per heavy atom. The van der Waals surface area contributed by atoms with Crippen LogP contribution in [0.5, 0.6) is 0 Å². The number of hydrogen-bond donors (Lipinski definition) is 0. The van der Waals surface area contributed by atoms with E-state index in [1.54, 1.807) is 5.57 Å². The van der Waals surface area contributed by atoms with Crippen molar-refractivity contribution in [1.29, 1.82) is 0 Å². The Bertz CT molecular complexity index is 214. The van der Waals surface area contributed by atoms with Gasteiger partial charge < -0.3 is 0 Å². The summed E-state index contributed by atoms with van der Waals surface area (Å²) in [6.45, 7) is 2.44. The van der Waals surface area contributed by atoms with Crippen LogP contribution in [0.4, 0.5) is 0 Å². The highest BCUT2D eigenvalue weighted by atomic mass is 14.3. The standard InChI is InChI=1S/C12H18/c1-12(9-5-2-6-10-12)11-7-3-4-8-11/h3,7-8H,2,4-6,9-10H2,1H3. The molecule has 66 valence electrons. The highest BCUT2D eigenvalue weighted by Gasteiger charge is 2.29. The van der Waals surface area contributed by atoms with E-state index in [1.807, 2.05) is 0 Å². The lowest BCUT2D eigenvalue weighted by molar-refractivity contribution is 0.273. The molecule has 2 rings (SSSR count). The fraction of sp³-hybridized carbons (Fsp3) is 0.667. The number of hydrogen-bond acceptors (Lipinski definition) is 0. The number of allylic oxidation sites excluding steroid dienone is 4. The van der Waals surface area contributed by atoms with E-state index in [0.717, 1.165) is 0 Å². The summed E-state index contributed by atoms with van der Waals surface area (Å²) in [6.07, 6.45) is 15.3. The molecule has 1 saturated carbocycles. The Labute approximate surface area is 75.4 Å². The zero-order valence-electron chi connectivity index (χ0n) is 7.97. The SMILES string of the molecule is CC1(C2=CCC=C2)CCCCC1. The van der Waals surface area contributed by atoms with Crippen LogP contribution in [-0.2, 0) is 0 Å². The molecular weight excluding hydrogens is 144 g/mol. The van der Waals surface area contributed by atoms with Crippen LogP contribution in [0.2, 0.25) is 0 Å². The maximum absolute atomic E-state index is 2.44. The van der Waals surface area contributed by atoms with Gasteiger partial charge in [0.05, 0.1) is 0 Å². The molecule has 2 aliphatic carbocycles. The van der Waals surface area contributed by atoms with Crippen molar-refractivity contribution in [3.05, 3.63) is 23.8 Å². The van der Waals surface area contributed by atoms with Gasteiger partial charge in [-0.25, -0.2) is 0 Å². The van der Waals surface area contributed by atoms with Crippen LogP contribution >= 0.6 is 0 Å². The van der Waals surface area contributed by atoms with E-state index in [9.17, 15) is 0 Å². The van der Waals surface area contributed by atoms with Gasteiger partial charge in [0.25, 0.3) is 0 Å². The fourth-order valence-corrected chi connectivity index (χ4v) is 2.53. The Kier molecular flexibility index (Phi) is 2.08. The molecule has 0 bridgehead atoms. The topological polar surface area (TPSA) is 0 Å². The van der Waals surface area contributed by atoms with Gasteiger partial charge >= 0.3 is 0 Å². The van der Waals surface area contributed by atoms with Gasteiger partial charge in [0.1, 0.15) is 0 Å². The van der Waals surface area contributed by atoms with Crippen LogP contribution in [0.15, 0.2) is 23.8 Å². The van der Waals surface area contributed by atoms with Gasteiger partial charge in [0.2, 0.25) is 0 Å². The summed E-state index contributed by atoms with van der Waals surface area (Å²) >= 11 is 0. The third kappa shape index (κ3) is 1.35. The van der Waals surface area contributed by atoms with Crippen LogP contribution in [-0.4, -0.2) is 0 Å². The summed E-state index contributed by atoms with van der Waals surface area (Å²) in [5.41, 5.74) is 2.15. The average Bonchev–Trinajstić information content (AvgIpc) is 2.58. The predicted molar refractivity (Wildman–Crippen MR) is 53.0 cm³/mol. The van der Waals surface area contributed by atoms with Crippen molar-refractivity contribution in [3.8, 4) is 0 Å². The maximum Gasteiger partial charge on any atom is -0.00784 e. The molecule has 0 aromatic carbocycles. The van der Waals surface area contributed by atoms with E-state index in [4.69, 9.17) is 0 Å². The minimum atomic E-state index is 0.533. The Balaban J connectivity index is 2.13. The van der Waals surface area contributed by atoms with E-state index < -0.39 is 0 Å². The van der Waals surface area contributed by atoms with E-state index in [1.165, 1.54) is 38.5 Å². The summed E-state index contributed by atoms with van der Waals surface area (Å²) in [5, 5.41) is 0. The molecule has 0 heteroatoms. The molecule has 0 aromatic heterocycles. The third-order valence-electron chi connectivity index (χ3n) is 3.43. The Morgan fingerprint density at radius 3 is 2.50 bits per heavy atom. The van der Waals surface area contributed by atoms with Gasteiger partial charge in [-0.15, -0.1) is 0 Å².